The minimum atomic E-state index is -0.0895. The molecule has 1 unspecified atom stereocenters. The van der Waals surface area contributed by atoms with Crippen LogP contribution in [0.1, 0.15) is 33.0 Å². The van der Waals surface area contributed by atoms with E-state index >= 15 is 0 Å². The molecule has 1 aromatic heterocycles. The number of hydrogen-bond donors (Lipinski definition) is 1. The van der Waals surface area contributed by atoms with Gasteiger partial charge in [0, 0.05) is 24.1 Å². The molecule has 100 valence electrons. The second kappa shape index (κ2) is 5.02. The standard InChI is InChI=1S/C13H21ClN4/c1-13(2,3)12-16-10(14)7-11(17-12)15-9-5-6-18(4)8-9/h7,9H,5-6,8H2,1-4H3,(H,15,16,17). The van der Waals surface area contributed by atoms with Gasteiger partial charge in [0.2, 0.25) is 0 Å². The molecular weight excluding hydrogens is 248 g/mol. The van der Waals surface area contributed by atoms with Crippen LogP contribution < -0.4 is 5.32 Å². The highest BCUT2D eigenvalue weighted by Crippen LogP contribution is 2.23. The summed E-state index contributed by atoms with van der Waals surface area (Å²) >= 11 is 6.07. The first kappa shape index (κ1) is 13.6. The van der Waals surface area contributed by atoms with Crippen LogP contribution in [0.25, 0.3) is 0 Å². The van der Waals surface area contributed by atoms with Gasteiger partial charge in [0.05, 0.1) is 0 Å². The van der Waals surface area contributed by atoms with Crippen LogP contribution >= 0.6 is 11.6 Å². The first-order valence-corrected chi connectivity index (χ1v) is 6.72. The molecule has 4 nitrogen and oxygen atoms in total. The first-order valence-electron chi connectivity index (χ1n) is 6.35. The van der Waals surface area contributed by atoms with Crippen LogP contribution in [0, 0.1) is 0 Å². The second-order valence-electron chi connectivity index (χ2n) is 6.04. The highest BCUT2D eigenvalue weighted by atomic mass is 35.5. The van der Waals surface area contributed by atoms with E-state index in [-0.39, 0.29) is 5.41 Å². The van der Waals surface area contributed by atoms with E-state index in [1.54, 1.807) is 6.07 Å². The summed E-state index contributed by atoms with van der Waals surface area (Å²) in [6, 6.07) is 2.25. The van der Waals surface area contributed by atoms with Crippen LogP contribution in [0.3, 0.4) is 0 Å². The van der Waals surface area contributed by atoms with Gasteiger partial charge >= 0.3 is 0 Å². The Kier molecular flexibility index (Phi) is 3.78. The smallest absolute Gasteiger partial charge is 0.137 e. The van der Waals surface area contributed by atoms with E-state index in [0.717, 1.165) is 31.2 Å². The lowest BCUT2D eigenvalue weighted by Gasteiger charge is -2.19. The second-order valence-corrected chi connectivity index (χ2v) is 6.43. The minimum absolute atomic E-state index is 0.0895. The van der Waals surface area contributed by atoms with Gasteiger partial charge in [-0.25, -0.2) is 9.97 Å². The molecule has 0 aliphatic carbocycles. The summed E-state index contributed by atoms with van der Waals surface area (Å²) in [6.45, 7) is 8.44. The molecule has 18 heavy (non-hydrogen) atoms. The lowest BCUT2D eigenvalue weighted by molar-refractivity contribution is 0.414. The fourth-order valence-corrected chi connectivity index (χ4v) is 2.27. The predicted molar refractivity (Wildman–Crippen MR) is 75.3 cm³/mol. The van der Waals surface area contributed by atoms with Crippen molar-refractivity contribution in [1.29, 1.82) is 0 Å². The van der Waals surface area contributed by atoms with Gasteiger partial charge < -0.3 is 10.2 Å². The van der Waals surface area contributed by atoms with E-state index in [0.29, 0.717) is 11.2 Å². The summed E-state index contributed by atoms with van der Waals surface area (Å²) in [4.78, 5) is 11.2. The molecule has 2 heterocycles. The molecule has 1 atom stereocenters. The van der Waals surface area contributed by atoms with E-state index in [2.05, 4.69) is 48.0 Å². The van der Waals surface area contributed by atoms with E-state index in [1.165, 1.54) is 0 Å². The molecule has 1 aliphatic rings. The van der Waals surface area contributed by atoms with Crippen molar-refractivity contribution in [3.63, 3.8) is 0 Å². The molecule has 1 fully saturated rings. The number of nitrogens with zero attached hydrogens (tertiary/aromatic N) is 3. The largest absolute Gasteiger partial charge is 0.366 e. The molecule has 1 aliphatic heterocycles. The van der Waals surface area contributed by atoms with E-state index in [1.807, 2.05) is 0 Å². The average Bonchev–Trinajstić information content (AvgIpc) is 2.61. The fraction of sp³-hybridized carbons (Fsp3) is 0.692. The van der Waals surface area contributed by atoms with Crippen LogP contribution in [0.15, 0.2) is 6.07 Å². The zero-order chi connectivity index (χ0) is 13.3. The van der Waals surface area contributed by atoms with Gasteiger partial charge in [0.25, 0.3) is 0 Å². The molecule has 0 spiro atoms. The summed E-state index contributed by atoms with van der Waals surface area (Å²) in [5.41, 5.74) is -0.0895. The summed E-state index contributed by atoms with van der Waals surface area (Å²) < 4.78 is 0. The molecule has 1 N–H and O–H groups in total. The van der Waals surface area contributed by atoms with Gasteiger partial charge in [-0.05, 0) is 20.0 Å². The summed E-state index contributed by atoms with van der Waals surface area (Å²) in [6.07, 6.45) is 1.14. The van der Waals surface area contributed by atoms with E-state index in [4.69, 9.17) is 11.6 Å². The molecule has 0 aromatic carbocycles. The maximum Gasteiger partial charge on any atom is 0.137 e. The van der Waals surface area contributed by atoms with Gasteiger partial charge in [0.1, 0.15) is 16.8 Å². The number of anilines is 1. The van der Waals surface area contributed by atoms with E-state index < -0.39 is 0 Å². The van der Waals surface area contributed by atoms with Crippen molar-refractivity contribution in [3.05, 3.63) is 17.0 Å². The third-order valence-corrected chi connectivity index (χ3v) is 3.30. The van der Waals surface area contributed by atoms with E-state index in [9.17, 15) is 0 Å². The Hall–Kier alpha value is -0.870. The summed E-state index contributed by atoms with van der Waals surface area (Å²) in [5, 5.41) is 3.95. The van der Waals surface area contributed by atoms with Crippen molar-refractivity contribution in [3.8, 4) is 0 Å². The van der Waals surface area contributed by atoms with Crippen molar-refractivity contribution in [2.45, 2.75) is 38.6 Å². The van der Waals surface area contributed by atoms with Crippen molar-refractivity contribution < 1.29 is 0 Å². The lowest BCUT2D eigenvalue weighted by Crippen LogP contribution is -2.25. The highest BCUT2D eigenvalue weighted by Gasteiger charge is 2.22. The Morgan fingerprint density at radius 2 is 2.11 bits per heavy atom. The third kappa shape index (κ3) is 3.33. The number of halogens is 1. The molecule has 5 heteroatoms. The summed E-state index contributed by atoms with van der Waals surface area (Å²) in [7, 11) is 2.13. The van der Waals surface area contributed by atoms with Crippen LogP contribution in [0.5, 0.6) is 0 Å². The number of likely N-dealkylation sites (N-methyl/N-ethyl adjacent to an activating group) is 1. The molecule has 0 amide bonds. The Labute approximate surface area is 114 Å². The third-order valence-electron chi connectivity index (χ3n) is 3.11. The van der Waals surface area contributed by atoms with Crippen molar-refractivity contribution in [2.75, 3.05) is 25.5 Å². The van der Waals surface area contributed by atoms with Crippen LogP contribution in [0.4, 0.5) is 5.82 Å². The zero-order valence-electron chi connectivity index (χ0n) is 11.5. The van der Waals surface area contributed by atoms with Gasteiger partial charge in [-0.15, -0.1) is 0 Å². The van der Waals surface area contributed by atoms with Crippen LogP contribution in [-0.4, -0.2) is 41.0 Å². The Bertz CT molecular complexity index is 427. The Morgan fingerprint density at radius 1 is 1.39 bits per heavy atom. The van der Waals surface area contributed by atoms with Gasteiger partial charge in [-0.2, -0.15) is 0 Å². The maximum absolute atomic E-state index is 6.07. The molecule has 1 aromatic rings. The van der Waals surface area contributed by atoms with Gasteiger partial charge in [-0.1, -0.05) is 32.4 Å². The molecular formula is C13H21ClN4. The summed E-state index contributed by atoms with van der Waals surface area (Å²) in [5.74, 6) is 1.61. The quantitative estimate of drug-likeness (QED) is 0.837. The average molecular weight is 269 g/mol. The maximum atomic E-state index is 6.07. The topological polar surface area (TPSA) is 41.0 Å². The lowest BCUT2D eigenvalue weighted by atomic mass is 9.96. The van der Waals surface area contributed by atoms with Crippen LogP contribution in [0.2, 0.25) is 5.15 Å². The first-order chi connectivity index (χ1) is 8.34. The number of aromatic nitrogens is 2. The zero-order valence-corrected chi connectivity index (χ0v) is 12.3. The van der Waals surface area contributed by atoms with Crippen molar-refractivity contribution >= 4 is 17.4 Å². The highest BCUT2D eigenvalue weighted by molar-refractivity contribution is 6.29. The van der Waals surface area contributed by atoms with Gasteiger partial charge in [-0.3, -0.25) is 0 Å². The number of hydrogen-bond acceptors (Lipinski definition) is 4. The van der Waals surface area contributed by atoms with Crippen LogP contribution in [-0.2, 0) is 5.41 Å². The molecule has 0 radical (unpaired) electrons. The number of rotatable bonds is 2. The van der Waals surface area contributed by atoms with Crippen molar-refractivity contribution in [1.82, 2.24) is 14.9 Å². The SMILES string of the molecule is CN1CCC(Nc2cc(Cl)nc(C(C)(C)C)n2)C1. The Balaban J connectivity index is 2.15. The Morgan fingerprint density at radius 3 is 2.67 bits per heavy atom. The molecule has 1 saturated heterocycles. The fourth-order valence-electron chi connectivity index (χ4n) is 2.09. The minimum Gasteiger partial charge on any atom is -0.366 e. The monoisotopic (exact) mass is 268 g/mol. The van der Waals surface area contributed by atoms with Gasteiger partial charge in [0.15, 0.2) is 0 Å². The normalized spacial score (nSPS) is 21.3. The number of nitrogens with one attached hydrogen (secondary N) is 1. The molecule has 0 bridgehead atoms. The van der Waals surface area contributed by atoms with Crippen molar-refractivity contribution in [2.24, 2.45) is 0 Å². The predicted octanol–water partition coefficient (Wildman–Crippen LogP) is 2.54. The molecule has 0 saturated carbocycles. The number of likely N-dealkylation sites (tertiary alicyclic amines) is 1. The molecule has 2 rings (SSSR count).